The lowest BCUT2D eigenvalue weighted by Gasteiger charge is -2.34. The van der Waals surface area contributed by atoms with Crippen molar-refractivity contribution in [3.63, 3.8) is 0 Å². The highest BCUT2D eigenvalue weighted by Crippen LogP contribution is 2.36. The molecule has 1 saturated heterocycles. The lowest BCUT2D eigenvalue weighted by molar-refractivity contribution is -0.137. The molecule has 1 fully saturated rings. The number of piperazine rings is 1. The quantitative estimate of drug-likeness (QED) is 0.742. The highest BCUT2D eigenvalue weighted by Gasteiger charge is 2.33. The SMILES string of the molecule is C=CCNC(=O)N1CCN(CC(=O)Nc2ccc(Cl)c(C(F)(F)F)c2)CC1. The summed E-state index contributed by atoms with van der Waals surface area (Å²) in [6.07, 6.45) is -3.01. The molecule has 10 heteroatoms. The minimum absolute atomic E-state index is 0.0199. The molecule has 0 bridgehead atoms. The molecule has 0 saturated carbocycles. The number of rotatable bonds is 5. The number of urea groups is 1. The van der Waals surface area contributed by atoms with Gasteiger partial charge in [-0.15, -0.1) is 6.58 Å². The number of hydrogen-bond donors (Lipinski definition) is 2. The summed E-state index contributed by atoms with van der Waals surface area (Å²) in [5.41, 5.74) is -0.972. The van der Waals surface area contributed by atoms with E-state index >= 15 is 0 Å². The average Bonchev–Trinajstić information content (AvgIpc) is 2.61. The standard InChI is InChI=1S/C17H20ClF3N4O2/c1-2-5-22-16(27)25-8-6-24(7-9-25)11-15(26)23-12-3-4-14(18)13(10-12)17(19,20)21/h2-4,10H,1,5-9,11H2,(H,22,27)(H,23,26). The second-order valence-corrected chi connectivity index (χ2v) is 6.39. The first-order valence-corrected chi connectivity index (χ1v) is 8.61. The second-order valence-electron chi connectivity index (χ2n) is 5.98. The molecule has 27 heavy (non-hydrogen) atoms. The summed E-state index contributed by atoms with van der Waals surface area (Å²) in [7, 11) is 0. The minimum atomic E-state index is -4.60. The summed E-state index contributed by atoms with van der Waals surface area (Å²) >= 11 is 5.56. The molecule has 0 aliphatic carbocycles. The smallest absolute Gasteiger partial charge is 0.335 e. The summed E-state index contributed by atoms with van der Waals surface area (Å²) in [5.74, 6) is -0.435. The number of alkyl halides is 3. The van der Waals surface area contributed by atoms with Crippen LogP contribution in [-0.4, -0.2) is 61.0 Å². The largest absolute Gasteiger partial charge is 0.417 e. The van der Waals surface area contributed by atoms with Crippen molar-refractivity contribution in [2.75, 3.05) is 44.6 Å². The van der Waals surface area contributed by atoms with Crippen LogP contribution in [0, 0.1) is 0 Å². The first kappa shape index (κ1) is 21.0. The fourth-order valence-corrected chi connectivity index (χ4v) is 2.83. The fourth-order valence-electron chi connectivity index (χ4n) is 2.60. The van der Waals surface area contributed by atoms with E-state index in [0.29, 0.717) is 32.7 Å². The molecule has 3 amide bonds. The second kappa shape index (κ2) is 9.09. The predicted octanol–water partition coefficient (Wildman–Crippen LogP) is 2.81. The third-order valence-electron chi connectivity index (χ3n) is 3.98. The summed E-state index contributed by atoms with van der Waals surface area (Å²) in [6.45, 7) is 5.81. The summed E-state index contributed by atoms with van der Waals surface area (Å²) in [4.78, 5) is 27.4. The number of nitrogens with one attached hydrogen (secondary N) is 2. The van der Waals surface area contributed by atoms with E-state index in [-0.39, 0.29) is 18.3 Å². The first-order valence-electron chi connectivity index (χ1n) is 8.23. The van der Waals surface area contributed by atoms with Gasteiger partial charge in [-0.05, 0) is 18.2 Å². The number of carbonyl (C=O) groups excluding carboxylic acids is 2. The molecule has 0 aromatic heterocycles. The van der Waals surface area contributed by atoms with Crippen molar-refractivity contribution in [2.24, 2.45) is 0 Å². The van der Waals surface area contributed by atoms with Gasteiger partial charge in [-0.1, -0.05) is 17.7 Å². The van der Waals surface area contributed by atoms with Gasteiger partial charge in [-0.25, -0.2) is 4.79 Å². The zero-order chi connectivity index (χ0) is 20.0. The van der Waals surface area contributed by atoms with E-state index in [2.05, 4.69) is 17.2 Å². The average molecular weight is 405 g/mol. The fraction of sp³-hybridized carbons (Fsp3) is 0.412. The lowest BCUT2D eigenvalue weighted by atomic mass is 10.2. The van der Waals surface area contributed by atoms with E-state index in [1.165, 1.54) is 6.07 Å². The number of carbonyl (C=O) groups is 2. The lowest BCUT2D eigenvalue weighted by Crippen LogP contribution is -2.53. The summed E-state index contributed by atoms with van der Waals surface area (Å²) in [6, 6.07) is 3.03. The molecule has 0 radical (unpaired) electrons. The maximum atomic E-state index is 12.9. The monoisotopic (exact) mass is 404 g/mol. The van der Waals surface area contributed by atoms with Crippen LogP contribution >= 0.6 is 11.6 Å². The van der Waals surface area contributed by atoms with Gasteiger partial charge in [0.05, 0.1) is 17.1 Å². The maximum Gasteiger partial charge on any atom is 0.417 e. The highest BCUT2D eigenvalue weighted by atomic mass is 35.5. The zero-order valence-electron chi connectivity index (χ0n) is 14.5. The molecule has 1 heterocycles. The number of nitrogens with zero attached hydrogens (tertiary/aromatic N) is 2. The summed E-state index contributed by atoms with van der Waals surface area (Å²) < 4.78 is 38.6. The Morgan fingerprint density at radius 2 is 1.89 bits per heavy atom. The van der Waals surface area contributed by atoms with Gasteiger partial charge in [-0.3, -0.25) is 9.69 Å². The molecule has 2 rings (SSSR count). The Kier molecular flexibility index (Phi) is 7.09. The van der Waals surface area contributed by atoms with Crippen LogP contribution in [0.3, 0.4) is 0 Å². The number of anilines is 1. The first-order chi connectivity index (χ1) is 12.7. The van der Waals surface area contributed by atoms with Crippen LogP contribution in [0.1, 0.15) is 5.56 Å². The van der Waals surface area contributed by atoms with Gasteiger partial charge in [0.25, 0.3) is 0 Å². The molecule has 1 aromatic rings. The van der Waals surface area contributed by atoms with E-state index < -0.39 is 22.7 Å². The van der Waals surface area contributed by atoms with Crippen molar-refractivity contribution in [3.05, 3.63) is 41.4 Å². The molecular formula is C17H20ClF3N4O2. The van der Waals surface area contributed by atoms with Crippen molar-refractivity contribution < 1.29 is 22.8 Å². The molecule has 6 nitrogen and oxygen atoms in total. The number of hydrogen-bond acceptors (Lipinski definition) is 3. The van der Waals surface area contributed by atoms with E-state index in [9.17, 15) is 22.8 Å². The Labute approximate surface area is 159 Å². The van der Waals surface area contributed by atoms with Crippen LogP contribution in [0.25, 0.3) is 0 Å². The van der Waals surface area contributed by atoms with Crippen LogP contribution in [0.5, 0.6) is 0 Å². The van der Waals surface area contributed by atoms with E-state index in [1.807, 2.05) is 4.90 Å². The molecule has 0 spiro atoms. The topological polar surface area (TPSA) is 64.7 Å². The van der Waals surface area contributed by atoms with Crippen molar-refractivity contribution >= 4 is 29.2 Å². The van der Waals surface area contributed by atoms with Crippen molar-refractivity contribution in [3.8, 4) is 0 Å². The normalized spacial score (nSPS) is 15.3. The van der Waals surface area contributed by atoms with Gasteiger partial charge in [-0.2, -0.15) is 13.2 Å². The van der Waals surface area contributed by atoms with Gasteiger partial charge in [0, 0.05) is 38.4 Å². The van der Waals surface area contributed by atoms with Gasteiger partial charge >= 0.3 is 12.2 Å². The van der Waals surface area contributed by atoms with Crippen LogP contribution in [0.4, 0.5) is 23.7 Å². The maximum absolute atomic E-state index is 12.9. The Morgan fingerprint density at radius 1 is 1.22 bits per heavy atom. The Hall–Kier alpha value is -2.26. The van der Waals surface area contributed by atoms with E-state index in [0.717, 1.165) is 12.1 Å². The van der Waals surface area contributed by atoms with Crippen LogP contribution in [0.15, 0.2) is 30.9 Å². The Bertz CT molecular complexity index is 704. The Balaban J connectivity index is 1.85. The van der Waals surface area contributed by atoms with Gasteiger partial charge in [0.1, 0.15) is 0 Å². The van der Waals surface area contributed by atoms with Crippen LogP contribution in [-0.2, 0) is 11.0 Å². The molecule has 148 valence electrons. The van der Waals surface area contributed by atoms with Gasteiger partial charge in [0.15, 0.2) is 0 Å². The molecule has 2 N–H and O–H groups in total. The van der Waals surface area contributed by atoms with Gasteiger partial charge in [0.2, 0.25) is 5.91 Å². The molecule has 0 unspecified atom stereocenters. The molecule has 1 aliphatic heterocycles. The summed E-state index contributed by atoms with van der Waals surface area (Å²) in [5, 5.41) is 4.70. The molecular weight excluding hydrogens is 385 g/mol. The van der Waals surface area contributed by atoms with Crippen molar-refractivity contribution in [2.45, 2.75) is 6.18 Å². The van der Waals surface area contributed by atoms with Crippen molar-refractivity contribution in [1.82, 2.24) is 15.1 Å². The van der Waals surface area contributed by atoms with Crippen LogP contribution in [0.2, 0.25) is 5.02 Å². The number of amides is 3. The third-order valence-corrected chi connectivity index (χ3v) is 4.31. The highest BCUT2D eigenvalue weighted by molar-refractivity contribution is 6.31. The van der Waals surface area contributed by atoms with Crippen LogP contribution < -0.4 is 10.6 Å². The van der Waals surface area contributed by atoms with E-state index in [1.54, 1.807) is 11.0 Å². The number of benzene rings is 1. The molecule has 0 atom stereocenters. The minimum Gasteiger partial charge on any atom is -0.335 e. The van der Waals surface area contributed by atoms with Gasteiger partial charge < -0.3 is 15.5 Å². The Morgan fingerprint density at radius 3 is 2.48 bits per heavy atom. The third kappa shape index (κ3) is 6.14. The molecule has 1 aliphatic rings. The zero-order valence-corrected chi connectivity index (χ0v) is 15.2. The van der Waals surface area contributed by atoms with Crippen molar-refractivity contribution in [1.29, 1.82) is 0 Å². The predicted molar refractivity (Wildman–Crippen MR) is 96.7 cm³/mol. The van der Waals surface area contributed by atoms with E-state index in [4.69, 9.17) is 11.6 Å². The number of halogens is 4. The molecule has 1 aromatic carbocycles.